The average molecular weight is 266 g/mol. The van der Waals surface area contributed by atoms with E-state index in [4.69, 9.17) is 15.2 Å². The van der Waals surface area contributed by atoms with Gasteiger partial charge < -0.3 is 20.1 Å². The first-order chi connectivity index (χ1) is 9.28. The number of ether oxygens (including phenoxy) is 2. The number of hydrogen-bond donors (Lipinski definition) is 1. The Kier molecular flexibility index (Phi) is 4.93. The molecule has 2 atom stereocenters. The zero-order valence-corrected chi connectivity index (χ0v) is 11.6. The lowest BCUT2D eigenvalue weighted by Gasteiger charge is -2.39. The van der Waals surface area contributed by atoms with Crippen LogP contribution in [0, 0.1) is 0 Å². The normalized spacial score (nSPS) is 23.4. The van der Waals surface area contributed by atoms with Crippen molar-refractivity contribution in [1.82, 2.24) is 9.97 Å². The molecule has 1 aliphatic heterocycles. The zero-order chi connectivity index (χ0) is 13.7. The van der Waals surface area contributed by atoms with E-state index in [2.05, 4.69) is 14.9 Å². The van der Waals surface area contributed by atoms with Gasteiger partial charge in [0.25, 0.3) is 0 Å². The number of hydrogen-bond acceptors (Lipinski definition) is 6. The largest absolute Gasteiger partial charge is 0.478 e. The van der Waals surface area contributed by atoms with Crippen LogP contribution in [0.25, 0.3) is 0 Å². The van der Waals surface area contributed by atoms with Crippen LogP contribution in [0.1, 0.15) is 19.8 Å². The average Bonchev–Trinajstić information content (AvgIpc) is 2.47. The van der Waals surface area contributed by atoms with Gasteiger partial charge in [-0.2, -0.15) is 0 Å². The maximum atomic E-state index is 5.87. The van der Waals surface area contributed by atoms with Crippen molar-refractivity contribution in [2.45, 2.75) is 31.9 Å². The number of rotatable bonds is 5. The van der Waals surface area contributed by atoms with E-state index in [1.807, 2.05) is 13.0 Å². The third-order valence-corrected chi connectivity index (χ3v) is 3.49. The van der Waals surface area contributed by atoms with Gasteiger partial charge >= 0.3 is 0 Å². The molecule has 0 amide bonds. The number of nitrogens with zero attached hydrogens (tertiary/aromatic N) is 3. The number of piperidine rings is 1. The molecule has 0 bridgehead atoms. The maximum absolute atomic E-state index is 5.87. The molecule has 2 heterocycles. The highest BCUT2D eigenvalue weighted by atomic mass is 16.5. The van der Waals surface area contributed by atoms with E-state index in [0.29, 0.717) is 19.0 Å². The third-order valence-electron chi connectivity index (χ3n) is 3.49. The fraction of sp³-hybridized carbons (Fsp3) is 0.692. The van der Waals surface area contributed by atoms with Gasteiger partial charge in [-0.3, -0.25) is 0 Å². The zero-order valence-electron chi connectivity index (χ0n) is 11.6. The van der Waals surface area contributed by atoms with E-state index in [9.17, 15) is 0 Å². The lowest BCUT2D eigenvalue weighted by molar-refractivity contribution is 0.0708. The Balaban J connectivity index is 2.13. The van der Waals surface area contributed by atoms with E-state index >= 15 is 0 Å². The Morgan fingerprint density at radius 1 is 1.47 bits per heavy atom. The standard InChI is InChI=1S/C13H22N4O2/c1-3-19-13-7-12(15-9-16-13)17-5-4-11(18-2)6-10(17)8-14/h7,9-11H,3-6,8,14H2,1-2H3. The van der Waals surface area contributed by atoms with Crippen LogP contribution in [0.5, 0.6) is 5.88 Å². The molecular formula is C13H22N4O2. The summed E-state index contributed by atoms with van der Waals surface area (Å²) < 4.78 is 10.8. The van der Waals surface area contributed by atoms with Crippen LogP contribution in [0.3, 0.4) is 0 Å². The summed E-state index contributed by atoms with van der Waals surface area (Å²) in [5.74, 6) is 1.49. The Morgan fingerprint density at radius 3 is 3.00 bits per heavy atom. The SMILES string of the molecule is CCOc1cc(N2CCC(OC)CC2CN)ncn1. The third kappa shape index (κ3) is 3.33. The molecule has 0 radical (unpaired) electrons. The van der Waals surface area contributed by atoms with Gasteiger partial charge in [-0.25, -0.2) is 9.97 Å². The van der Waals surface area contributed by atoms with Gasteiger partial charge in [0.2, 0.25) is 5.88 Å². The summed E-state index contributed by atoms with van der Waals surface area (Å²) in [6, 6.07) is 2.13. The predicted molar refractivity (Wildman–Crippen MR) is 73.4 cm³/mol. The Labute approximate surface area is 113 Å². The van der Waals surface area contributed by atoms with Crippen molar-refractivity contribution in [3.05, 3.63) is 12.4 Å². The number of nitrogens with two attached hydrogens (primary N) is 1. The van der Waals surface area contributed by atoms with Crippen LogP contribution < -0.4 is 15.4 Å². The molecule has 6 heteroatoms. The Bertz CT molecular complexity index is 402. The summed E-state index contributed by atoms with van der Waals surface area (Å²) in [7, 11) is 1.76. The van der Waals surface area contributed by atoms with E-state index < -0.39 is 0 Å². The second kappa shape index (κ2) is 6.68. The van der Waals surface area contributed by atoms with E-state index in [1.54, 1.807) is 7.11 Å². The smallest absolute Gasteiger partial charge is 0.218 e. The molecular weight excluding hydrogens is 244 g/mol. The van der Waals surface area contributed by atoms with E-state index in [-0.39, 0.29) is 12.1 Å². The summed E-state index contributed by atoms with van der Waals surface area (Å²) in [4.78, 5) is 10.6. The second-order valence-corrected chi connectivity index (χ2v) is 4.61. The lowest BCUT2D eigenvalue weighted by atomic mass is 9.99. The van der Waals surface area contributed by atoms with Crippen molar-refractivity contribution < 1.29 is 9.47 Å². The summed E-state index contributed by atoms with van der Waals surface area (Å²) >= 11 is 0. The molecule has 2 N–H and O–H groups in total. The van der Waals surface area contributed by atoms with Gasteiger partial charge in [-0.15, -0.1) is 0 Å². The van der Waals surface area contributed by atoms with Gasteiger partial charge in [0.05, 0.1) is 12.7 Å². The number of aromatic nitrogens is 2. The summed E-state index contributed by atoms with van der Waals surface area (Å²) in [6.45, 7) is 4.02. The van der Waals surface area contributed by atoms with Crippen LogP contribution in [-0.4, -0.2) is 48.9 Å². The summed E-state index contributed by atoms with van der Waals surface area (Å²) in [6.07, 6.45) is 3.75. The highest BCUT2D eigenvalue weighted by Crippen LogP contribution is 2.25. The molecule has 6 nitrogen and oxygen atoms in total. The number of anilines is 1. The first-order valence-corrected chi connectivity index (χ1v) is 6.72. The van der Waals surface area contributed by atoms with Crippen LogP contribution >= 0.6 is 0 Å². The molecule has 0 saturated carbocycles. The molecule has 19 heavy (non-hydrogen) atoms. The summed E-state index contributed by atoms with van der Waals surface area (Å²) in [5.41, 5.74) is 5.87. The van der Waals surface area contributed by atoms with Crippen molar-refractivity contribution in [2.24, 2.45) is 5.73 Å². The molecule has 2 rings (SSSR count). The van der Waals surface area contributed by atoms with Crippen LogP contribution in [0.4, 0.5) is 5.82 Å². The lowest BCUT2D eigenvalue weighted by Crippen LogP contribution is -2.49. The first-order valence-electron chi connectivity index (χ1n) is 6.72. The van der Waals surface area contributed by atoms with Gasteiger partial charge in [-0.1, -0.05) is 0 Å². The van der Waals surface area contributed by atoms with Crippen molar-refractivity contribution >= 4 is 5.82 Å². The summed E-state index contributed by atoms with van der Waals surface area (Å²) in [5, 5.41) is 0. The quantitative estimate of drug-likeness (QED) is 0.850. The highest BCUT2D eigenvalue weighted by Gasteiger charge is 2.28. The number of methoxy groups -OCH3 is 1. The topological polar surface area (TPSA) is 73.5 Å². The molecule has 106 valence electrons. The Morgan fingerprint density at radius 2 is 2.32 bits per heavy atom. The fourth-order valence-electron chi connectivity index (χ4n) is 2.47. The van der Waals surface area contributed by atoms with Gasteiger partial charge in [0, 0.05) is 32.3 Å². The van der Waals surface area contributed by atoms with Crippen molar-refractivity contribution in [2.75, 3.05) is 31.7 Å². The maximum Gasteiger partial charge on any atom is 0.218 e. The molecule has 1 aromatic rings. The fourth-order valence-corrected chi connectivity index (χ4v) is 2.47. The van der Waals surface area contributed by atoms with Crippen molar-refractivity contribution in [1.29, 1.82) is 0 Å². The molecule has 0 spiro atoms. The van der Waals surface area contributed by atoms with E-state index in [0.717, 1.165) is 25.2 Å². The predicted octanol–water partition coefficient (Wildman–Crippen LogP) is 0.818. The molecule has 1 aromatic heterocycles. The minimum absolute atomic E-state index is 0.253. The monoisotopic (exact) mass is 266 g/mol. The van der Waals surface area contributed by atoms with Crippen molar-refractivity contribution in [3.8, 4) is 5.88 Å². The Hall–Kier alpha value is -1.40. The van der Waals surface area contributed by atoms with E-state index in [1.165, 1.54) is 6.33 Å². The minimum Gasteiger partial charge on any atom is -0.478 e. The molecule has 2 unspecified atom stereocenters. The molecule has 1 aliphatic rings. The molecule has 0 aromatic carbocycles. The first kappa shape index (κ1) is 14.0. The van der Waals surface area contributed by atoms with Crippen LogP contribution in [0.2, 0.25) is 0 Å². The van der Waals surface area contributed by atoms with Gasteiger partial charge in [-0.05, 0) is 19.8 Å². The molecule has 1 saturated heterocycles. The van der Waals surface area contributed by atoms with Gasteiger partial charge in [0.1, 0.15) is 12.1 Å². The van der Waals surface area contributed by atoms with Crippen LogP contribution in [-0.2, 0) is 4.74 Å². The molecule has 1 fully saturated rings. The second-order valence-electron chi connectivity index (χ2n) is 4.61. The minimum atomic E-state index is 0.253. The highest BCUT2D eigenvalue weighted by molar-refractivity contribution is 5.42. The molecule has 0 aliphatic carbocycles. The van der Waals surface area contributed by atoms with Crippen LogP contribution in [0.15, 0.2) is 12.4 Å². The van der Waals surface area contributed by atoms with Gasteiger partial charge in [0.15, 0.2) is 0 Å². The van der Waals surface area contributed by atoms with Crippen molar-refractivity contribution in [3.63, 3.8) is 0 Å².